The van der Waals surface area contributed by atoms with Gasteiger partial charge in [0.15, 0.2) is 0 Å². The second kappa shape index (κ2) is 12.2. The molecule has 1 aliphatic heterocycles. The highest BCUT2D eigenvalue weighted by molar-refractivity contribution is 6.32. The number of nitrogens with zero attached hydrogens (tertiary/aromatic N) is 2. The van der Waals surface area contributed by atoms with Gasteiger partial charge in [0.2, 0.25) is 5.91 Å². The Kier molecular flexibility index (Phi) is 8.95. The predicted molar refractivity (Wildman–Crippen MR) is 139 cm³/mol. The number of halogens is 3. The average Bonchev–Trinajstić information content (AvgIpc) is 2.89. The smallest absolute Gasteiger partial charge is 0.249 e. The van der Waals surface area contributed by atoms with Crippen molar-refractivity contribution < 1.29 is 23.5 Å². The van der Waals surface area contributed by atoms with Crippen LogP contribution in [0.1, 0.15) is 43.2 Å². The molecule has 0 atom stereocenters. The van der Waals surface area contributed by atoms with Gasteiger partial charge in [-0.15, -0.1) is 0 Å². The number of likely N-dealkylation sites (tertiary alicyclic amines) is 1. The molecular weight excluding hydrogens is 500 g/mol. The summed E-state index contributed by atoms with van der Waals surface area (Å²) in [6.07, 6.45) is 6.23. The third-order valence-corrected chi connectivity index (χ3v) is 7.80. The Morgan fingerprint density at radius 2 is 1.86 bits per heavy atom. The molecule has 198 valence electrons. The number of hydrogen-bond acceptors (Lipinski definition) is 5. The summed E-state index contributed by atoms with van der Waals surface area (Å²) in [4.78, 5) is 19.4. The minimum absolute atomic E-state index is 0.352. The van der Waals surface area contributed by atoms with Crippen LogP contribution in [0.2, 0.25) is 5.02 Å². The lowest BCUT2D eigenvalue weighted by Crippen LogP contribution is -2.48. The van der Waals surface area contributed by atoms with E-state index in [2.05, 4.69) is 9.88 Å². The van der Waals surface area contributed by atoms with Crippen LogP contribution >= 0.6 is 11.6 Å². The van der Waals surface area contributed by atoms with Gasteiger partial charge in [0.25, 0.3) is 0 Å². The van der Waals surface area contributed by atoms with Gasteiger partial charge in [0.05, 0.1) is 23.1 Å². The summed E-state index contributed by atoms with van der Waals surface area (Å²) in [5, 5.41) is 11.0. The maximum absolute atomic E-state index is 13.4. The number of methoxy groups -OCH3 is 1. The van der Waals surface area contributed by atoms with Gasteiger partial charge in [-0.05, 0) is 106 Å². The molecule has 37 heavy (non-hydrogen) atoms. The van der Waals surface area contributed by atoms with Gasteiger partial charge in [-0.25, -0.2) is 14.3 Å². The summed E-state index contributed by atoms with van der Waals surface area (Å²) < 4.78 is 32.2. The van der Waals surface area contributed by atoms with E-state index in [1.54, 1.807) is 13.3 Å². The van der Waals surface area contributed by atoms with Crippen molar-refractivity contribution in [1.82, 2.24) is 15.4 Å². The molecular formula is C28H32ClF2N3O3. The topological polar surface area (TPSA) is 74.7 Å². The number of aromatic nitrogens is 1. The van der Waals surface area contributed by atoms with Crippen LogP contribution in [0.5, 0.6) is 5.75 Å². The molecule has 1 aromatic heterocycles. The summed E-state index contributed by atoms with van der Waals surface area (Å²) in [7, 11) is 1.61. The Labute approximate surface area is 220 Å². The zero-order valence-electron chi connectivity index (χ0n) is 20.9. The Morgan fingerprint density at radius 1 is 1.14 bits per heavy atom. The van der Waals surface area contributed by atoms with E-state index in [0.717, 1.165) is 41.2 Å². The lowest BCUT2D eigenvalue weighted by molar-refractivity contribution is -0.143. The van der Waals surface area contributed by atoms with E-state index in [1.165, 1.54) is 12.1 Å². The van der Waals surface area contributed by atoms with E-state index in [0.29, 0.717) is 62.2 Å². The zero-order chi connectivity index (χ0) is 26.4. The molecule has 3 aromatic rings. The molecule has 0 radical (unpaired) electrons. The first-order valence-corrected chi connectivity index (χ1v) is 12.9. The number of aryl methyl sites for hydroxylation is 2. The quantitative estimate of drug-likeness (QED) is 0.258. The Balaban J connectivity index is 1.35. The van der Waals surface area contributed by atoms with Crippen molar-refractivity contribution in [2.45, 2.75) is 44.9 Å². The van der Waals surface area contributed by atoms with Crippen LogP contribution < -0.4 is 10.2 Å². The zero-order valence-corrected chi connectivity index (χ0v) is 21.7. The van der Waals surface area contributed by atoms with Crippen molar-refractivity contribution >= 4 is 28.4 Å². The first kappa shape index (κ1) is 27.2. The van der Waals surface area contributed by atoms with Crippen LogP contribution in [0.15, 0.2) is 42.6 Å². The Hall–Kier alpha value is -2.81. The fourth-order valence-electron chi connectivity index (χ4n) is 5.36. The molecule has 1 amide bonds. The lowest BCUT2D eigenvalue weighted by Gasteiger charge is -2.40. The van der Waals surface area contributed by atoms with Gasteiger partial charge in [-0.2, -0.15) is 0 Å². The number of pyridine rings is 1. The van der Waals surface area contributed by atoms with E-state index in [-0.39, 0.29) is 5.91 Å². The monoisotopic (exact) mass is 531 g/mol. The van der Waals surface area contributed by atoms with Crippen molar-refractivity contribution in [3.63, 3.8) is 0 Å². The first-order valence-electron chi connectivity index (χ1n) is 12.6. The van der Waals surface area contributed by atoms with E-state index >= 15 is 0 Å². The summed E-state index contributed by atoms with van der Waals surface area (Å²) in [6.45, 7) is 2.19. The molecule has 2 aromatic carbocycles. The number of carbonyl (C=O) groups is 1. The average molecular weight is 532 g/mol. The number of benzene rings is 2. The highest BCUT2D eigenvalue weighted by Gasteiger charge is 2.40. The molecule has 1 aliphatic rings. The highest BCUT2D eigenvalue weighted by atomic mass is 35.5. The summed E-state index contributed by atoms with van der Waals surface area (Å²) in [5.41, 5.74) is 3.67. The number of fused-ring (bicyclic) bond motifs is 1. The summed E-state index contributed by atoms with van der Waals surface area (Å²) >= 11 is 6.50. The summed E-state index contributed by atoms with van der Waals surface area (Å²) in [5.74, 6) is -0.750. The van der Waals surface area contributed by atoms with Gasteiger partial charge < -0.3 is 9.64 Å². The molecule has 9 heteroatoms. The van der Waals surface area contributed by atoms with E-state index in [1.807, 2.05) is 23.7 Å². The first-order chi connectivity index (χ1) is 17.8. The SMILES string of the molecule is COc1ccc2ncc(Cl)c(CCCC3(C(=O)NO)CCN(CCCc4cc(F)cc(F)c4)CC3)c2c1. The number of hydrogen-bond donors (Lipinski definition) is 2. The number of piperidine rings is 1. The number of ether oxygens (including phenoxy) is 1. The van der Waals surface area contributed by atoms with Crippen LogP contribution in [0.25, 0.3) is 10.9 Å². The molecule has 2 heterocycles. The third kappa shape index (κ3) is 6.55. The van der Waals surface area contributed by atoms with Crippen molar-refractivity contribution in [3.8, 4) is 5.75 Å². The molecule has 0 saturated carbocycles. The number of rotatable bonds is 10. The molecule has 0 aliphatic carbocycles. The maximum Gasteiger partial charge on any atom is 0.249 e. The van der Waals surface area contributed by atoms with Gasteiger partial charge in [-0.3, -0.25) is 15.0 Å². The molecule has 6 nitrogen and oxygen atoms in total. The van der Waals surface area contributed by atoms with E-state index < -0.39 is 17.0 Å². The molecule has 4 rings (SSSR count). The largest absolute Gasteiger partial charge is 0.497 e. The molecule has 0 unspecified atom stereocenters. The standard InChI is InChI=1S/C28H32ClF2N3O3/c1-37-22-6-7-26-24(17-22)23(25(29)18-32-26)5-2-8-28(27(35)33-36)9-12-34(13-10-28)11-3-4-19-14-20(30)16-21(31)15-19/h6-7,14-18,36H,2-5,8-13H2,1H3,(H,33,35). The van der Waals surface area contributed by atoms with Gasteiger partial charge >= 0.3 is 0 Å². The van der Waals surface area contributed by atoms with Crippen molar-refractivity contribution in [3.05, 3.63) is 70.4 Å². The van der Waals surface area contributed by atoms with Gasteiger partial charge in [0, 0.05) is 17.6 Å². The van der Waals surface area contributed by atoms with Crippen LogP contribution in [0.3, 0.4) is 0 Å². The van der Waals surface area contributed by atoms with Crippen LogP contribution in [0, 0.1) is 17.0 Å². The maximum atomic E-state index is 13.4. The summed E-state index contributed by atoms with van der Waals surface area (Å²) in [6, 6.07) is 9.29. The van der Waals surface area contributed by atoms with E-state index in [9.17, 15) is 18.8 Å². The number of amides is 1. The molecule has 0 bridgehead atoms. The van der Waals surface area contributed by atoms with Crippen LogP contribution in [-0.4, -0.2) is 47.7 Å². The van der Waals surface area contributed by atoms with E-state index in [4.69, 9.17) is 16.3 Å². The van der Waals surface area contributed by atoms with Gasteiger partial charge in [0.1, 0.15) is 17.4 Å². The number of nitrogens with one attached hydrogen (secondary N) is 1. The molecule has 0 spiro atoms. The van der Waals surface area contributed by atoms with Crippen LogP contribution in [-0.2, 0) is 17.6 Å². The van der Waals surface area contributed by atoms with Crippen molar-refractivity contribution in [2.24, 2.45) is 5.41 Å². The van der Waals surface area contributed by atoms with Gasteiger partial charge in [-0.1, -0.05) is 11.6 Å². The fourth-order valence-corrected chi connectivity index (χ4v) is 5.61. The minimum Gasteiger partial charge on any atom is -0.497 e. The lowest BCUT2D eigenvalue weighted by atomic mass is 9.73. The second-order valence-electron chi connectivity index (χ2n) is 9.77. The predicted octanol–water partition coefficient (Wildman–Crippen LogP) is 5.72. The fraction of sp³-hybridized carbons (Fsp3) is 0.429. The molecule has 1 saturated heterocycles. The molecule has 2 N–H and O–H groups in total. The van der Waals surface area contributed by atoms with Crippen LogP contribution in [0.4, 0.5) is 8.78 Å². The highest BCUT2D eigenvalue weighted by Crippen LogP contribution is 2.38. The second-order valence-corrected chi connectivity index (χ2v) is 10.2. The number of hydroxylamine groups is 1. The Bertz CT molecular complexity index is 1230. The Morgan fingerprint density at radius 3 is 2.54 bits per heavy atom. The minimum atomic E-state index is -0.663. The third-order valence-electron chi connectivity index (χ3n) is 7.47. The van der Waals surface area contributed by atoms with Crippen molar-refractivity contribution in [1.29, 1.82) is 0 Å². The normalized spacial score (nSPS) is 15.6. The molecule has 1 fully saturated rings. The van der Waals surface area contributed by atoms with Crippen molar-refractivity contribution in [2.75, 3.05) is 26.7 Å². The number of carbonyl (C=O) groups excluding carboxylic acids is 1.